The average Bonchev–Trinajstić information content (AvgIpc) is 2.55. The first kappa shape index (κ1) is 15.0. The second kappa shape index (κ2) is 6.48. The summed E-state index contributed by atoms with van der Waals surface area (Å²) in [6, 6.07) is 10.5. The number of hydrogen-bond acceptors (Lipinski definition) is 4. The highest BCUT2D eigenvalue weighted by molar-refractivity contribution is 6.00. The van der Waals surface area contributed by atoms with Crippen LogP contribution in [-0.2, 0) is 0 Å². The lowest BCUT2D eigenvalue weighted by Gasteiger charge is -2.19. The van der Waals surface area contributed by atoms with Crippen LogP contribution in [0.1, 0.15) is 5.56 Å². The third-order valence-electron chi connectivity index (χ3n) is 3.40. The quantitative estimate of drug-likeness (QED) is 0.911. The van der Waals surface area contributed by atoms with Crippen LogP contribution in [0.2, 0.25) is 0 Å². The van der Waals surface area contributed by atoms with Gasteiger partial charge < -0.3 is 24.8 Å². The van der Waals surface area contributed by atoms with E-state index in [1.54, 1.807) is 25.3 Å². The van der Waals surface area contributed by atoms with E-state index in [0.29, 0.717) is 41.8 Å². The van der Waals surface area contributed by atoms with E-state index in [4.69, 9.17) is 14.2 Å². The molecule has 0 bridgehead atoms. The summed E-state index contributed by atoms with van der Waals surface area (Å²) >= 11 is 0. The van der Waals surface area contributed by atoms with Crippen LogP contribution in [0, 0.1) is 6.92 Å². The van der Waals surface area contributed by atoms with Gasteiger partial charge in [-0.25, -0.2) is 4.79 Å². The van der Waals surface area contributed by atoms with Gasteiger partial charge >= 0.3 is 6.03 Å². The number of benzene rings is 2. The number of fused-ring (bicyclic) bond motifs is 1. The van der Waals surface area contributed by atoms with Crippen molar-refractivity contribution in [2.45, 2.75) is 6.92 Å². The molecule has 6 nitrogen and oxygen atoms in total. The standard InChI is InChI=1S/C17H18N2O4/c1-11-3-5-14(21-2)13(9-11)19-17(20)18-12-4-6-15-16(10-12)23-8-7-22-15/h3-6,9-10H,7-8H2,1-2H3,(H2,18,19,20). The van der Waals surface area contributed by atoms with E-state index in [9.17, 15) is 4.79 Å². The van der Waals surface area contributed by atoms with Crippen LogP contribution in [0.4, 0.5) is 16.2 Å². The van der Waals surface area contributed by atoms with Crippen LogP contribution in [-0.4, -0.2) is 26.4 Å². The summed E-state index contributed by atoms with van der Waals surface area (Å²) in [7, 11) is 1.56. The summed E-state index contributed by atoms with van der Waals surface area (Å²) in [4.78, 5) is 12.2. The Morgan fingerprint density at radius 1 is 1.04 bits per heavy atom. The van der Waals surface area contributed by atoms with Crippen LogP contribution in [0.3, 0.4) is 0 Å². The Balaban J connectivity index is 1.71. The van der Waals surface area contributed by atoms with Crippen molar-refractivity contribution >= 4 is 17.4 Å². The fourth-order valence-electron chi connectivity index (χ4n) is 2.33. The SMILES string of the molecule is COc1ccc(C)cc1NC(=O)Nc1ccc2c(c1)OCCO2. The Morgan fingerprint density at radius 2 is 1.83 bits per heavy atom. The molecule has 1 aliphatic heterocycles. The maximum Gasteiger partial charge on any atom is 0.323 e. The Kier molecular flexibility index (Phi) is 4.23. The fourth-order valence-corrected chi connectivity index (χ4v) is 2.33. The zero-order valence-electron chi connectivity index (χ0n) is 13.0. The van der Waals surface area contributed by atoms with Gasteiger partial charge in [-0.3, -0.25) is 0 Å². The van der Waals surface area contributed by atoms with E-state index in [1.165, 1.54) is 0 Å². The minimum Gasteiger partial charge on any atom is -0.495 e. The summed E-state index contributed by atoms with van der Waals surface area (Å²) in [5, 5.41) is 5.55. The lowest BCUT2D eigenvalue weighted by atomic mass is 10.2. The molecule has 0 saturated carbocycles. The van der Waals surface area contributed by atoms with Crippen LogP contribution in [0.5, 0.6) is 17.2 Å². The molecular formula is C17H18N2O4. The molecule has 1 heterocycles. The first-order valence-electron chi connectivity index (χ1n) is 7.28. The van der Waals surface area contributed by atoms with Gasteiger partial charge in [0.05, 0.1) is 12.8 Å². The number of urea groups is 1. The number of methoxy groups -OCH3 is 1. The highest BCUT2D eigenvalue weighted by atomic mass is 16.6. The number of amides is 2. The minimum atomic E-state index is -0.356. The lowest BCUT2D eigenvalue weighted by Crippen LogP contribution is -2.20. The molecule has 0 spiro atoms. The summed E-state index contributed by atoms with van der Waals surface area (Å²) in [5.41, 5.74) is 2.27. The third-order valence-corrected chi connectivity index (χ3v) is 3.40. The molecule has 2 aromatic rings. The van der Waals surface area contributed by atoms with Gasteiger partial charge in [0.25, 0.3) is 0 Å². The third kappa shape index (κ3) is 3.48. The van der Waals surface area contributed by atoms with Crippen molar-refractivity contribution in [2.24, 2.45) is 0 Å². The smallest absolute Gasteiger partial charge is 0.323 e. The normalized spacial score (nSPS) is 12.4. The van der Waals surface area contributed by atoms with E-state index in [0.717, 1.165) is 5.56 Å². The van der Waals surface area contributed by atoms with Crippen molar-refractivity contribution in [2.75, 3.05) is 31.0 Å². The van der Waals surface area contributed by atoms with Gasteiger partial charge in [0.2, 0.25) is 0 Å². The summed E-state index contributed by atoms with van der Waals surface area (Å²) in [5.74, 6) is 1.91. The van der Waals surface area contributed by atoms with Crippen LogP contribution in [0.25, 0.3) is 0 Å². The van der Waals surface area contributed by atoms with E-state index >= 15 is 0 Å². The molecule has 0 unspecified atom stereocenters. The lowest BCUT2D eigenvalue weighted by molar-refractivity contribution is 0.171. The number of aryl methyl sites for hydroxylation is 1. The van der Waals surface area contributed by atoms with Gasteiger partial charge in [-0.15, -0.1) is 0 Å². The largest absolute Gasteiger partial charge is 0.495 e. The Bertz CT molecular complexity index is 731. The number of nitrogens with one attached hydrogen (secondary N) is 2. The van der Waals surface area contributed by atoms with Gasteiger partial charge in [-0.05, 0) is 36.8 Å². The van der Waals surface area contributed by atoms with E-state index in [-0.39, 0.29) is 6.03 Å². The maximum atomic E-state index is 12.2. The van der Waals surface area contributed by atoms with Crippen molar-refractivity contribution in [3.8, 4) is 17.2 Å². The number of ether oxygens (including phenoxy) is 3. The molecule has 2 N–H and O–H groups in total. The van der Waals surface area contributed by atoms with Crippen molar-refractivity contribution in [1.82, 2.24) is 0 Å². The van der Waals surface area contributed by atoms with Crippen molar-refractivity contribution in [1.29, 1.82) is 0 Å². The summed E-state index contributed by atoms with van der Waals surface area (Å²) < 4.78 is 16.2. The van der Waals surface area contributed by atoms with Crippen molar-refractivity contribution in [3.05, 3.63) is 42.0 Å². The molecule has 0 aliphatic carbocycles. The fraction of sp³-hybridized carbons (Fsp3) is 0.235. The molecule has 3 rings (SSSR count). The van der Waals surface area contributed by atoms with Crippen LogP contribution < -0.4 is 24.8 Å². The van der Waals surface area contributed by atoms with Crippen molar-refractivity contribution < 1.29 is 19.0 Å². The van der Waals surface area contributed by atoms with E-state index in [1.807, 2.05) is 25.1 Å². The molecule has 23 heavy (non-hydrogen) atoms. The predicted molar refractivity (Wildman–Crippen MR) is 87.8 cm³/mol. The number of hydrogen-bond donors (Lipinski definition) is 2. The Hall–Kier alpha value is -2.89. The number of carbonyl (C=O) groups excluding carboxylic acids is 1. The topological polar surface area (TPSA) is 68.8 Å². The Morgan fingerprint density at radius 3 is 2.61 bits per heavy atom. The molecule has 0 atom stereocenters. The summed E-state index contributed by atoms with van der Waals surface area (Å²) in [6.07, 6.45) is 0. The number of rotatable bonds is 3. The average molecular weight is 314 g/mol. The zero-order chi connectivity index (χ0) is 16.2. The first-order chi connectivity index (χ1) is 11.2. The molecular weight excluding hydrogens is 296 g/mol. The highest BCUT2D eigenvalue weighted by Crippen LogP contribution is 2.32. The van der Waals surface area contributed by atoms with Gasteiger partial charge in [-0.1, -0.05) is 6.07 Å². The van der Waals surface area contributed by atoms with Crippen LogP contribution in [0.15, 0.2) is 36.4 Å². The molecule has 0 saturated heterocycles. The highest BCUT2D eigenvalue weighted by Gasteiger charge is 2.13. The molecule has 120 valence electrons. The van der Waals surface area contributed by atoms with Crippen molar-refractivity contribution in [3.63, 3.8) is 0 Å². The van der Waals surface area contributed by atoms with Crippen LogP contribution >= 0.6 is 0 Å². The molecule has 0 aromatic heterocycles. The monoisotopic (exact) mass is 314 g/mol. The number of anilines is 2. The predicted octanol–water partition coefficient (Wildman–Crippen LogP) is 3.42. The summed E-state index contributed by atoms with van der Waals surface area (Å²) in [6.45, 7) is 2.99. The van der Waals surface area contributed by atoms with Gasteiger partial charge in [0, 0.05) is 11.8 Å². The second-order valence-corrected chi connectivity index (χ2v) is 5.14. The molecule has 0 fully saturated rings. The van der Waals surface area contributed by atoms with Gasteiger partial charge in [-0.2, -0.15) is 0 Å². The second-order valence-electron chi connectivity index (χ2n) is 5.14. The molecule has 0 radical (unpaired) electrons. The molecule has 2 amide bonds. The molecule has 2 aromatic carbocycles. The molecule has 6 heteroatoms. The first-order valence-corrected chi connectivity index (χ1v) is 7.28. The van der Waals surface area contributed by atoms with E-state index in [2.05, 4.69) is 10.6 Å². The molecule has 1 aliphatic rings. The maximum absolute atomic E-state index is 12.2. The zero-order valence-corrected chi connectivity index (χ0v) is 13.0. The van der Waals surface area contributed by atoms with Gasteiger partial charge in [0.1, 0.15) is 19.0 Å². The minimum absolute atomic E-state index is 0.356. The number of carbonyl (C=O) groups is 1. The Labute approximate surface area is 134 Å². The van der Waals surface area contributed by atoms with E-state index < -0.39 is 0 Å². The van der Waals surface area contributed by atoms with Gasteiger partial charge in [0.15, 0.2) is 11.5 Å².